The van der Waals surface area contributed by atoms with Crippen LogP contribution in [0.5, 0.6) is 0 Å². The van der Waals surface area contributed by atoms with E-state index in [0.29, 0.717) is 18.8 Å². The van der Waals surface area contributed by atoms with Crippen LogP contribution in [0.25, 0.3) is 17.0 Å². The number of likely N-dealkylation sites (N-methyl/N-ethyl adjacent to an activating group) is 1. The minimum Gasteiger partial charge on any atom is -0.348 e. The van der Waals surface area contributed by atoms with Crippen LogP contribution in [-0.2, 0) is 29.6 Å². The fraction of sp³-hybridized carbons (Fsp3) is 0.167. The van der Waals surface area contributed by atoms with Gasteiger partial charge in [-0.1, -0.05) is 78.9 Å². The molecule has 43 heavy (non-hydrogen) atoms. The number of rotatable bonds is 7. The molecule has 3 heterocycles. The zero-order chi connectivity index (χ0) is 29.9. The highest BCUT2D eigenvalue weighted by Crippen LogP contribution is 2.27. The van der Waals surface area contributed by atoms with Gasteiger partial charge in [0, 0.05) is 67.1 Å². The molecule has 0 spiro atoms. The molecule has 0 radical (unpaired) electrons. The third-order valence-corrected chi connectivity index (χ3v) is 8.04. The number of benzene rings is 3. The van der Waals surface area contributed by atoms with Crippen LogP contribution in [0.1, 0.15) is 33.5 Å². The van der Waals surface area contributed by atoms with Crippen LogP contribution in [0.2, 0.25) is 0 Å². The molecule has 7 nitrogen and oxygen atoms in total. The van der Waals surface area contributed by atoms with Gasteiger partial charge in [-0.05, 0) is 41.8 Å². The number of fused-ring (bicyclic) bond motifs is 2. The molecule has 1 atom stereocenters. The quantitative estimate of drug-likeness (QED) is 0.195. The van der Waals surface area contributed by atoms with Crippen molar-refractivity contribution >= 4 is 40.3 Å². The second-order valence-electron chi connectivity index (χ2n) is 10.9. The number of aromatic nitrogens is 2. The van der Waals surface area contributed by atoms with E-state index in [4.69, 9.17) is 4.99 Å². The van der Waals surface area contributed by atoms with E-state index in [1.54, 1.807) is 23.2 Å². The predicted molar refractivity (Wildman–Crippen MR) is 172 cm³/mol. The Bertz CT molecular complexity index is 1830. The van der Waals surface area contributed by atoms with Gasteiger partial charge in [0.2, 0.25) is 5.91 Å². The van der Waals surface area contributed by atoms with Gasteiger partial charge >= 0.3 is 0 Å². The maximum absolute atomic E-state index is 13.1. The number of nitrogens with zero attached hydrogens (tertiary/aromatic N) is 4. The third-order valence-electron chi connectivity index (χ3n) is 8.04. The fourth-order valence-corrected chi connectivity index (χ4v) is 5.57. The summed E-state index contributed by atoms with van der Waals surface area (Å²) >= 11 is 0. The number of nitrogens with one attached hydrogen (secondary N) is 1. The lowest BCUT2D eigenvalue weighted by atomic mass is 9.98. The Morgan fingerprint density at radius 2 is 1.67 bits per heavy atom. The Hall–Kier alpha value is -5.30. The summed E-state index contributed by atoms with van der Waals surface area (Å²) in [6, 6.07) is 29.4. The lowest BCUT2D eigenvalue weighted by molar-refractivity contribution is -0.125. The van der Waals surface area contributed by atoms with Crippen molar-refractivity contribution in [1.29, 1.82) is 0 Å². The zero-order valence-electron chi connectivity index (χ0n) is 24.5. The van der Waals surface area contributed by atoms with Gasteiger partial charge in [-0.3, -0.25) is 14.6 Å². The largest absolute Gasteiger partial charge is 0.348 e. The van der Waals surface area contributed by atoms with Crippen molar-refractivity contribution in [2.24, 2.45) is 12.0 Å². The smallest absolute Gasteiger partial charge is 0.250 e. The Kier molecular flexibility index (Phi) is 7.71. The first-order valence-electron chi connectivity index (χ1n) is 14.3. The number of carbonyl (C=O) groups is 2. The van der Waals surface area contributed by atoms with Crippen molar-refractivity contribution in [3.8, 4) is 0 Å². The van der Waals surface area contributed by atoms with E-state index >= 15 is 0 Å². The fourth-order valence-electron chi connectivity index (χ4n) is 5.57. The summed E-state index contributed by atoms with van der Waals surface area (Å²) in [7, 11) is 3.86. The molecule has 0 bridgehead atoms. The Morgan fingerprint density at radius 1 is 1.02 bits per heavy atom. The van der Waals surface area contributed by atoms with Crippen LogP contribution in [-0.4, -0.2) is 45.1 Å². The van der Waals surface area contributed by atoms with Gasteiger partial charge in [0.15, 0.2) is 0 Å². The molecular weight excluding hydrogens is 534 g/mol. The number of para-hydroxylation sites is 1. The Balaban J connectivity index is 1.21. The normalized spacial score (nSPS) is 14.4. The molecule has 1 aliphatic rings. The molecule has 2 amide bonds. The van der Waals surface area contributed by atoms with Gasteiger partial charge in [-0.2, -0.15) is 0 Å². The minimum absolute atomic E-state index is 0.101. The molecule has 6 rings (SSSR count). The summed E-state index contributed by atoms with van der Waals surface area (Å²) in [6.07, 6.45) is 5.42. The van der Waals surface area contributed by atoms with Crippen LogP contribution in [0.15, 0.2) is 108 Å². The number of aryl methyl sites for hydroxylation is 1. The van der Waals surface area contributed by atoms with Gasteiger partial charge in [-0.25, -0.2) is 4.98 Å². The molecule has 7 heteroatoms. The second-order valence-corrected chi connectivity index (χ2v) is 10.9. The van der Waals surface area contributed by atoms with Crippen LogP contribution in [0.4, 0.5) is 5.82 Å². The van der Waals surface area contributed by atoms with Crippen molar-refractivity contribution < 1.29 is 9.59 Å². The van der Waals surface area contributed by atoms with Gasteiger partial charge in [0.05, 0.1) is 5.71 Å². The summed E-state index contributed by atoms with van der Waals surface area (Å²) in [5, 5.41) is 4.08. The average molecular weight is 568 g/mol. The summed E-state index contributed by atoms with van der Waals surface area (Å²) in [6.45, 7) is 2.59. The van der Waals surface area contributed by atoms with Crippen molar-refractivity contribution in [3.63, 3.8) is 0 Å². The van der Waals surface area contributed by atoms with Gasteiger partial charge in [-0.15, -0.1) is 0 Å². The standard InChI is InChI=1S/C36H33N5O2/c1-24-30(29-16-10-11-17-32(29)41(24)3)23-40(2)33(42)19-18-25-20-28-21-31(36(43)39-35(28)37-22-25)38-34(26-12-6-4-7-13-26)27-14-8-5-9-15-27/h4-20,22,31H,21,23H2,1-3H3,(H,37,39,43). The van der Waals surface area contributed by atoms with Gasteiger partial charge in [0.25, 0.3) is 5.91 Å². The maximum atomic E-state index is 13.1. The van der Waals surface area contributed by atoms with E-state index in [9.17, 15) is 9.59 Å². The van der Waals surface area contributed by atoms with E-state index in [1.165, 1.54) is 0 Å². The topological polar surface area (TPSA) is 79.6 Å². The summed E-state index contributed by atoms with van der Waals surface area (Å²) in [5.74, 6) is 0.244. The number of anilines is 1. The van der Waals surface area contributed by atoms with Crippen molar-refractivity contribution in [2.75, 3.05) is 12.4 Å². The molecule has 0 fully saturated rings. The summed E-state index contributed by atoms with van der Waals surface area (Å²) in [5.41, 5.74) is 7.77. The number of hydrogen-bond donors (Lipinski definition) is 1. The number of carbonyl (C=O) groups excluding carboxylic acids is 2. The van der Waals surface area contributed by atoms with E-state index < -0.39 is 6.04 Å². The van der Waals surface area contributed by atoms with Gasteiger partial charge < -0.3 is 14.8 Å². The molecule has 0 saturated carbocycles. The van der Waals surface area contributed by atoms with Crippen molar-refractivity contribution in [1.82, 2.24) is 14.5 Å². The van der Waals surface area contributed by atoms with E-state index in [-0.39, 0.29) is 11.8 Å². The highest BCUT2D eigenvalue weighted by Gasteiger charge is 2.27. The molecule has 0 aliphatic carbocycles. The summed E-state index contributed by atoms with van der Waals surface area (Å²) < 4.78 is 2.16. The molecule has 3 aromatic carbocycles. The van der Waals surface area contributed by atoms with Crippen LogP contribution in [0.3, 0.4) is 0 Å². The molecule has 0 saturated heterocycles. The first-order valence-corrected chi connectivity index (χ1v) is 14.3. The highest BCUT2D eigenvalue weighted by atomic mass is 16.2. The second kappa shape index (κ2) is 11.9. The first kappa shape index (κ1) is 27.8. The van der Waals surface area contributed by atoms with Crippen LogP contribution in [0, 0.1) is 6.92 Å². The minimum atomic E-state index is -0.611. The number of aliphatic imine (C=N–C) groups is 1. The van der Waals surface area contributed by atoms with Crippen LogP contribution >= 0.6 is 0 Å². The van der Waals surface area contributed by atoms with E-state index in [0.717, 1.165) is 50.1 Å². The lowest BCUT2D eigenvalue weighted by Gasteiger charge is -2.22. The van der Waals surface area contributed by atoms with E-state index in [2.05, 4.69) is 41.0 Å². The van der Waals surface area contributed by atoms with Gasteiger partial charge in [0.1, 0.15) is 11.9 Å². The monoisotopic (exact) mass is 567 g/mol. The molecule has 5 aromatic rings. The molecular formula is C36H33N5O2. The Morgan fingerprint density at radius 3 is 2.37 bits per heavy atom. The number of hydrogen-bond acceptors (Lipinski definition) is 4. The molecule has 2 aromatic heterocycles. The van der Waals surface area contributed by atoms with E-state index in [1.807, 2.05) is 85.9 Å². The van der Waals surface area contributed by atoms with Crippen LogP contribution < -0.4 is 5.32 Å². The van der Waals surface area contributed by atoms with Crippen molar-refractivity contribution in [2.45, 2.75) is 25.9 Å². The molecule has 1 N–H and O–H groups in total. The molecule has 214 valence electrons. The zero-order valence-corrected chi connectivity index (χ0v) is 24.5. The van der Waals surface area contributed by atoms with Crippen molar-refractivity contribution in [3.05, 3.63) is 137 Å². The average Bonchev–Trinajstić information content (AvgIpc) is 3.28. The molecule has 1 unspecified atom stereocenters. The molecule has 1 aliphatic heterocycles. The number of amides is 2. The number of pyridine rings is 1. The first-order chi connectivity index (χ1) is 20.9. The SMILES string of the molecule is Cc1c(CN(C)C(=O)C=Cc2cnc3c(c2)CC(N=C(c2ccccc2)c2ccccc2)C(=O)N3)c2ccccc2n1C. The maximum Gasteiger partial charge on any atom is 0.250 e. The third kappa shape index (κ3) is 5.75. The Labute approximate surface area is 251 Å². The lowest BCUT2D eigenvalue weighted by Crippen LogP contribution is -2.34. The predicted octanol–water partition coefficient (Wildman–Crippen LogP) is 5.95. The highest BCUT2D eigenvalue weighted by molar-refractivity contribution is 6.14. The summed E-state index contributed by atoms with van der Waals surface area (Å²) in [4.78, 5) is 37.3.